The van der Waals surface area contributed by atoms with Gasteiger partial charge >= 0.3 is 11.6 Å². The molecule has 0 aliphatic heterocycles. The number of aliphatic carboxylic acids is 1. The van der Waals surface area contributed by atoms with E-state index in [0.29, 0.717) is 11.3 Å². The van der Waals surface area contributed by atoms with Crippen molar-refractivity contribution >= 4 is 22.8 Å². The van der Waals surface area contributed by atoms with Gasteiger partial charge in [0.05, 0.1) is 0 Å². The Balaban J connectivity index is 1.81. The number of rotatable bonds is 5. The molecule has 1 aliphatic carbocycles. The fourth-order valence-electron chi connectivity index (χ4n) is 2.90. The van der Waals surface area contributed by atoms with Crippen molar-refractivity contribution in [3.8, 4) is 5.75 Å². The third kappa shape index (κ3) is 3.10. The molecule has 0 saturated carbocycles. The summed E-state index contributed by atoms with van der Waals surface area (Å²) in [5.74, 6) is -1.29. The van der Waals surface area contributed by atoms with E-state index in [1.807, 2.05) is 6.07 Å². The van der Waals surface area contributed by atoms with Crippen LogP contribution in [0, 0.1) is 0 Å². The van der Waals surface area contributed by atoms with E-state index >= 15 is 0 Å². The van der Waals surface area contributed by atoms with Crippen LogP contribution in [0.15, 0.2) is 27.4 Å². The van der Waals surface area contributed by atoms with Crippen molar-refractivity contribution in [2.24, 2.45) is 0 Å². The minimum Gasteiger partial charge on any atom is -0.481 e. The molecule has 1 aromatic heterocycles. The lowest BCUT2D eigenvalue weighted by Gasteiger charge is -2.14. The van der Waals surface area contributed by atoms with Gasteiger partial charge in [0.2, 0.25) is 0 Å². The molecule has 1 amide bonds. The molecule has 2 N–H and O–H groups in total. The number of ether oxygens (including phenoxy) is 1. The summed E-state index contributed by atoms with van der Waals surface area (Å²) in [7, 11) is 0. The van der Waals surface area contributed by atoms with Crippen molar-refractivity contribution in [1.82, 2.24) is 5.32 Å². The van der Waals surface area contributed by atoms with Gasteiger partial charge in [0, 0.05) is 17.0 Å². The minimum atomic E-state index is -1.13. The maximum atomic E-state index is 12.0. The van der Waals surface area contributed by atoms with Crippen molar-refractivity contribution in [2.45, 2.75) is 32.3 Å². The smallest absolute Gasteiger partial charge is 0.339 e. The van der Waals surface area contributed by atoms with Gasteiger partial charge in [0.15, 0.2) is 6.10 Å². The van der Waals surface area contributed by atoms with E-state index in [1.54, 1.807) is 12.1 Å². The Labute approximate surface area is 137 Å². The van der Waals surface area contributed by atoms with Gasteiger partial charge in [0.1, 0.15) is 17.9 Å². The van der Waals surface area contributed by atoms with E-state index in [0.717, 1.165) is 35.8 Å². The predicted octanol–water partition coefficient (Wildman–Crippen LogP) is 1.25. The molecular weight excluding hydrogens is 314 g/mol. The molecule has 0 spiro atoms. The Morgan fingerprint density at radius 3 is 2.83 bits per heavy atom. The summed E-state index contributed by atoms with van der Waals surface area (Å²) in [6.45, 7) is 1.05. The molecule has 7 heteroatoms. The van der Waals surface area contributed by atoms with E-state index < -0.39 is 24.5 Å². The Hall–Kier alpha value is -2.83. The number of carboxylic acids is 1. The molecule has 7 nitrogen and oxygen atoms in total. The van der Waals surface area contributed by atoms with E-state index in [1.165, 1.54) is 6.92 Å². The van der Waals surface area contributed by atoms with Crippen LogP contribution in [0.3, 0.4) is 0 Å². The van der Waals surface area contributed by atoms with Gasteiger partial charge in [-0.15, -0.1) is 0 Å². The number of nitrogens with one attached hydrogen (secondary N) is 1. The highest BCUT2D eigenvalue weighted by molar-refractivity contribution is 5.85. The zero-order chi connectivity index (χ0) is 17.3. The fourth-order valence-corrected chi connectivity index (χ4v) is 2.90. The summed E-state index contributed by atoms with van der Waals surface area (Å²) < 4.78 is 10.9. The van der Waals surface area contributed by atoms with Crippen LogP contribution >= 0.6 is 0 Å². The number of fused-ring (bicyclic) bond motifs is 3. The average Bonchev–Trinajstić information content (AvgIpc) is 3.02. The highest BCUT2D eigenvalue weighted by Gasteiger charge is 2.20. The highest BCUT2D eigenvalue weighted by Crippen LogP contribution is 2.29. The van der Waals surface area contributed by atoms with Crippen molar-refractivity contribution in [1.29, 1.82) is 0 Å². The second-order valence-electron chi connectivity index (χ2n) is 5.73. The molecular formula is C17H17NO6. The zero-order valence-electron chi connectivity index (χ0n) is 13.1. The number of hydrogen-bond donors (Lipinski definition) is 2. The molecule has 0 radical (unpaired) electrons. The van der Waals surface area contributed by atoms with Crippen LogP contribution in [0.5, 0.6) is 5.75 Å². The highest BCUT2D eigenvalue weighted by atomic mass is 16.5. The third-order valence-corrected chi connectivity index (χ3v) is 4.04. The van der Waals surface area contributed by atoms with Crippen LogP contribution in [0.2, 0.25) is 0 Å². The lowest BCUT2D eigenvalue weighted by Crippen LogP contribution is -2.39. The number of amides is 1. The maximum absolute atomic E-state index is 12.0. The van der Waals surface area contributed by atoms with Crippen LogP contribution in [-0.2, 0) is 22.4 Å². The first-order chi connectivity index (χ1) is 11.5. The molecule has 1 atom stereocenters. The molecule has 126 valence electrons. The number of carboxylic acid groups (broad SMARTS) is 1. The first-order valence-electron chi connectivity index (χ1n) is 7.70. The molecule has 1 aliphatic rings. The number of aryl methyl sites for hydroxylation is 1. The third-order valence-electron chi connectivity index (χ3n) is 4.04. The SMILES string of the molecule is CC(Oc1ccc2c3c(c(=O)oc2c1)CCC3)C(=O)NCC(=O)O. The molecule has 0 saturated heterocycles. The predicted molar refractivity (Wildman–Crippen MR) is 85.2 cm³/mol. The van der Waals surface area contributed by atoms with E-state index in [-0.39, 0.29) is 5.63 Å². The van der Waals surface area contributed by atoms with Crippen LogP contribution in [0.25, 0.3) is 11.0 Å². The number of carbonyl (C=O) groups is 2. The minimum absolute atomic E-state index is 0.320. The average molecular weight is 331 g/mol. The van der Waals surface area contributed by atoms with Gasteiger partial charge in [-0.05, 0) is 43.9 Å². The molecule has 1 heterocycles. The fraction of sp³-hybridized carbons (Fsp3) is 0.353. The Morgan fingerprint density at radius 1 is 1.33 bits per heavy atom. The number of carbonyl (C=O) groups excluding carboxylic acids is 1. The number of hydrogen-bond acceptors (Lipinski definition) is 5. The second kappa shape index (κ2) is 6.35. The first kappa shape index (κ1) is 16.0. The van der Waals surface area contributed by atoms with Crippen LogP contribution in [0.4, 0.5) is 0 Å². The van der Waals surface area contributed by atoms with Crippen LogP contribution < -0.4 is 15.7 Å². The van der Waals surface area contributed by atoms with E-state index in [4.69, 9.17) is 14.3 Å². The summed E-state index contributed by atoms with van der Waals surface area (Å²) in [5.41, 5.74) is 1.88. The first-order valence-corrected chi connectivity index (χ1v) is 7.70. The Morgan fingerprint density at radius 2 is 2.08 bits per heavy atom. The van der Waals surface area contributed by atoms with Crippen LogP contribution in [0.1, 0.15) is 24.5 Å². The van der Waals surface area contributed by atoms with Gasteiger partial charge in [0.25, 0.3) is 5.91 Å². The molecule has 3 rings (SSSR count). The molecule has 0 bridgehead atoms. The lowest BCUT2D eigenvalue weighted by molar-refractivity contribution is -0.139. The van der Waals surface area contributed by atoms with Gasteiger partial charge in [-0.3, -0.25) is 9.59 Å². The summed E-state index contributed by atoms with van der Waals surface area (Å²) in [4.78, 5) is 34.2. The topological polar surface area (TPSA) is 106 Å². The van der Waals surface area contributed by atoms with Crippen molar-refractivity contribution in [3.63, 3.8) is 0 Å². The van der Waals surface area contributed by atoms with Gasteiger partial charge in [-0.1, -0.05) is 0 Å². The summed E-state index contributed by atoms with van der Waals surface area (Å²) in [5, 5.41) is 11.7. The van der Waals surface area contributed by atoms with Crippen molar-refractivity contribution in [2.75, 3.05) is 6.54 Å². The zero-order valence-corrected chi connectivity index (χ0v) is 13.1. The maximum Gasteiger partial charge on any atom is 0.339 e. The summed E-state index contributed by atoms with van der Waals surface area (Å²) in [6, 6.07) is 5.11. The molecule has 0 fully saturated rings. The van der Waals surface area contributed by atoms with Gasteiger partial charge in [-0.25, -0.2) is 4.79 Å². The largest absolute Gasteiger partial charge is 0.481 e. The quantitative estimate of drug-likeness (QED) is 0.799. The van der Waals surface area contributed by atoms with E-state index in [9.17, 15) is 14.4 Å². The van der Waals surface area contributed by atoms with Gasteiger partial charge < -0.3 is 19.6 Å². The summed E-state index contributed by atoms with van der Waals surface area (Å²) >= 11 is 0. The molecule has 1 unspecified atom stereocenters. The second-order valence-corrected chi connectivity index (χ2v) is 5.73. The molecule has 1 aromatic carbocycles. The van der Waals surface area contributed by atoms with Crippen LogP contribution in [-0.4, -0.2) is 29.6 Å². The Bertz CT molecular complexity index is 869. The lowest BCUT2D eigenvalue weighted by atomic mass is 10.1. The van der Waals surface area contributed by atoms with Crippen molar-refractivity contribution in [3.05, 3.63) is 39.7 Å². The number of benzene rings is 1. The normalized spacial score (nSPS) is 14.2. The van der Waals surface area contributed by atoms with Gasteiger partial charge in [-0.2, -0.15) is 0 Å². The van der Waals surface area contributed by atoms with E-state index in [2.05, 4.69) is 5.32 Å². The van der Waals surface area contributed by atoms with Crippen molar-refractivity contribution < 1.29 is 23.8 Å². The standard InChI is InChI=1S/C17H17NO6/c1-9(16(21)18-8-15(19)20)23-10-5-6-12-11-3-2-4-13(11)17(22)24-14(12)7-10/h5-7,9H,2-4,8H2,1H3,(H,18,21)(H,19,20). The molecule has 24 heavy (non-hydrogen) atoms. The Kier molecular flexibility index (Phi) is 4.24. The molecule has 2 aromatic rings. The summed E-state index contributed by atoms with van der Waals surface area (Å²) in [6.07, 6.45) is 1.67. The monoisotopic (exact) mass is 331 g/mol.